The van der Waals surface area contributed by atoms with Gasteiger partial charge in [-0.05, 0) is 36.8 Å². The first-order valence-corrected chi connectivity index (χ1v) is 6.91. The van der Waals surface area contributed by atoms with Gasteiger partial charge in [0.25, 0.3) is 0 Å². The van der Waals surface area contributed by atoms with Crippen molar-refractivity contribution in [2.45, 2.75) is 32.6 Å². The van der Waals surface area contributed by atoms with Gasteiger partial charge in [0.1, 0.15) is 0 Å². The Morgan fingerprint density at radius 3 is 2.74 bits per heavy atom. The molecule has 0 spiro atoms. The van der Waals surface area contributed by atoms with Crippen LogP contribution in [0.1, 0.15) is 43.0 Å². The van der Waals surface area contributed by atoms with Gasteiger partial charge in [-0.3, -0.25) is 0 Å². The maximum absolute atomic E-state index is 11.2. The number of halogens is 1. The molecule has 0 radical (unpaired) electrons. The average Bonchev–Trinajstić information content (AvgIpc) is 3.07. The first kappa shape index (κ1) is 14.0. The van der Waals surface area contributed by atoms with Crippen LogP contribution in [0.4, 0.5) is 11.4 Å². The highest BCUT2D eigenvalue weighted by Gasteiger charge is 2.41. The van der Waals surface area contributed by atoms with Crippen molar-refractivity contribution < 1.29 is 9.90 Å². The van der Waals surface area contributed by atoms with Crippen LogP contribution in [0.5, 0.6) is 0 Å². The number of benzene rings is 1. The van der Waals surface area contributed by atoms with Crippen molar-refractivity contribution in [2.24, 2.45) is 5.41 Å². The smallest absolute Gasteiger partial charge is 0.337 e. The van der Waals surface area contributed by atoms with Crippen molar-refractivity contribution in [1.82, 2.24) is 0 Å². The van der Waals surface area contributed by atoms with Crippen molar-refractivity contribution in [3.05, 3.63) is 22.7 Å². The molecule has 1 fully saturated rings. The molecule has 0 bridgehead atoms. The Kier molecular flexibility index (Phi) is 3.90. The first-order valence-electron chi connectivity index (χ1n) is 6.53. The normalized spacial score (nSPS) is 16.1. The number of hydrogen-bond acceptors (Lipinski definition) is 3. The molecule has 5 heteroatoms. The highest BCUT2D eigenvalue weighted by Crippen LogP contribution is 2.49. The van der Waals surface area contributed by atoms with Gasteiger partial charge in [0.15, 0.2) is 0 Å². The number of hydrogen-bond donors (Lipinski definition) is 3. The van der Waals surface area contributed by atoms with Gasteiger partial charge in [0.05, 0.1) is 16.3 Å². The van der Waals surface area contributed by atoms with E-state index in [0.717, 1.165) is 19.4 Å². The average molecular weight is 283 g/mol. The molecular formula is C14H19ClN2O2. The van der Waals surface area contributed by atoms with E-state index in [4.69, 9.17) is 17.3 Å². The number of anilines is 2. The number of nitrogens with two attached hydrogens (primary N) is 1. The Balaban J connectivity index is 2.18. The lowest BCUT2D eigenvalue weighted by Crippen LogP contribution is -2.17. The van der Waals surface area contributed by atoms with E-state index in [0.29, 0.717) is 21.8 Å². The maximum atomic E-state index is 11.2. The molecule has 0 aromatic heterocycles. The van der Waals surface area contributed by atoms with Crippen LogP contribution >= 0.6 is 11.6 Å². The molecule has 0 aliphatic heterocycles. The summed E-state index contributed by atoms with van der Waals surface area (Å²) in [5, 5.41) is 12.8. The highest BCUT2D eigenvalue weighted by atomic mass is 35.5. The van der Waals surface area contributed by atoms with Gasteiger partial charge in [0, 0.05) is 12.2 Å². The van der Waals surface area contributed by atoms with Crippen LogP contribution in [0.2, 0.25) is 5.02 Å². The molecule has 1 aliphatic rings. The number of carbonyl (C=O) groups is 1. The quantitative estimate of drug-likeness (QED) is 0.697. The monoisotopic (exact) mass is 282 g/mol. The SMILES string of the molecule is CCCC1(CNc2c(Cl)cc(N)cc2C(=O)O)CC1. The third kappa shape index (κ3) is 3.13. The molecule has 0 saturated heterocycles. The van der Waals surface area contributed by atoms with Crippen LogP contribution in [-0.4, -0.2) is 17.6 Å². The van der Waals surface area contributed by atoms with E-state index in [-0.39, 0.29) is 5.56 Å². The molecule has 1 aromatic carbocycles. The predicted molar refractivity (Wildman–Crippen MR) is 77.9 cm³/mol. The second kappa shape index (κ2) is 5.29. The van der Waals surface area contributed by atoms with E-state index in [1.807, 2.05) is 0 Å². The summed E-state index contributed by atoms with van der Waals surface area (Å²) < 4.78 is 0. The summed E-state index contributed by atoms with van der Waals surface area (Å²) in [6, 6.07) is 3.02. The zero-order chi connectivity index (χ0) is 14.0. The van der Waals surface area contributed by atoms with Crippen molar-refractivity contribution in [3.8, 4) is 0 Å². The van der Waals surface area contributed by atoms with Crippen LogP contribution in [-0.2, 0) is 0 Å². The van der Waals surface area contributed by atoms with E-state index in [1.54, 1.807) is 6.07 Å². The van der Waals surface area contributed by atoms with Crippen molar-refractivity contribution in [3.63, 3.8) is 0 Å². The molecule has 0 heterocycles. The standard InChI is InChI=1S/C14H19ClN2O2/c1-2-3-14(4-5-14)8-17-12-10(13(18)19)6-9(16)7-11(12)15/h6-7,17H,2-5,8,16H2,1H3,(H,18,19). The first-order chi connectivity index (χ1) is 8.97. The van der Waals surface area contributed by atoms with Crippen molar-refractivity contribution >= 4 is 28.9 Å². The molecule has 0 atom stereocenters. The molecule has 4 N–H and O–H groups in total. The number of aromatic carboxylic acids is 1. The van der Waals surface area contributed by atoms with Gasteiger partial charge in [-0.2, -0.15) is 0 Å². The van der Waals surface area contributed by atoms with E-state index < -0.39 is 5.97 Å². The fraction of sp³-hybridized carbons (Fsp3) is 0.500. The molecule has 0 unspecified atom stereocenters. The second-order valence-electron chi connectivity index (χ2n) is 5.33. The molecule has 1 aliphatic carbocycles. The number of nitrogens with one attached hydrogen (secondary N) is 1. The molecule has 19 heavy (non-hydrogen) atoms. The van der Waals surface area contributed by atoms with Gasteiger partial charge in [-0.15, -0.1) is 0 Å². The van der Waals surface area contributed by atoms with E-state index >= 15 is 0 Å². The molecule has 1 aromatic rings. The van der Waals surface area contributed by atoms with Crippen LogP contribution in [0.3, 0.4) is 0 Å². The van der Waals surface area contributed by atoms with Crippen LogP contribution in [0.25, 0.3) is 0 Å². The van der Waals surface area contributed by atoms with E-state index in [2.05, 4.69) is 12.2 Å². The van der Waals surface area contributed by atoms with Crippen LogP contribution in [0.15, 0.2) is 12.1 Å². The lowest BCUT2D eigenvalue weighted by molar-refractivity contribution is 0.0698. The van der Waals surface area contributed by atoms with Crippen molar-refractivity contribution in [2.75, 3.05) is 17.6 Å². The summed E-state index contributed by atoms with van der Waals surface area (Å²) >= 11 is 6.10. The highest BCUT2D eigenvalue weighted by molar-refractivity contribution is 6.34. The Labute approximate surface area is 117 Å². The molecule has 4 nitrogen and oxygen atoms in total. The van der Waals surface area contributed by atoms with E-state index in [1.165, 1.54) is 18.9 Å². The van der Waals surface area contributed by atoms with Crippen LogP contribution < -0.4 is 11.1 Å². The zero-order valence-electron chi connectivity index (χ0n) is 11.0. The molecule has 1 saturated carbocycles. The molecular weight excluding hydrogens is 264 g/mol. The minimum Gasteiger partial charge on any atom is -0.478 e. The van der Waals surface area contributed by atoms with Crippen LogP contribution in [0, 0.1) is 5.41 Å². The Hall–Kier alpha value is -1.42. The number of nitrogen functional groups attached to an aromatic ring is 1. The third-order valence-electron chi connectivity index (χ3n) is 3.72. The Morgan fingerprint density at radius 1 is 1.53 bits per heavy atom. The van der Waals surface area contributed by atoms with Gasteiger partial charge in [-0.25, -0.2) is 4.79 Å². The summed E-state index contributed by atoms with van der Waals surface area (Å²) in [6.07, 6.45) is 4.70. The summed E-state index contributed by atoms with van der Waals surface area (Å²) in [6.45, 7) is 2.93. The largest absolute Gasteiger partial charge is 0.478 e. The molecule has 0 amide bonds. The van der Waals surface area contributed by atoms with Gasteiger partial charge in [-0.1, -0.05) is 24.9 Å². The topological polar surface area (TPSA) is 75.3 Å². The summed E-state index contributed by atoms with van der Waals surface area (Å²) in [4.78, 5) is 11.2. The zero-order valence-corrected chi connectivity index (χ0v) is 11.8. The Morgan fingerprint density at radius 2 is 2.21 bits per heavy atom. The summed E-state index contributed by atoms with van der Waals surface area (Å²) in [5.41, 5.74) is 6.94. The second-order valence-corrected chi connectivity index (χ2v) is 5.74. The fourth-order valence-corrected chi connectivity index (χ4v) is 2.77. The molecule has 104 valence electrons. The maximum Gasteiger partial charge on any atom is 0.337 e. The Bertz CT molecular complexity index is 498. The summed E-state index contributed by atoms with van der Waals surface area (Å²) in [5.74, 6) is -1.02. The summed E-state index contributed by atoms with van der Waals surface area (Å²) in [7, 11) is 0. The van der Waals surface area contributed by atoms with Crippen molar-refractivity contribution in [1.29, 1.82) is 0 Å². The predicted octanol–water partition coefficient (Wildman–Crippen LogP) is 3.61. The number of carboxylic acids is 1. The molecule has 2 rings (SSSR count). The number of rotatable bonds is 6. The minimum absolute atomic E-state index is 0.136. The van der Waals surface area contributed by atoms with Gasteiger partial charge >= 0.3 is 5.97 Å². The fourth-order valence-electron chi connectivity index (χ4n) is 2.47. The van der Waals surface area contributed by atoms with Gasteiger partial charge in [0.2, 0.25) is 0 Å². The third-order valence-corrected chi connectivity index (χ3v) is 4.02. The lowest BCUT2D eigenvalue weighted by Gasteiger charge is -2.18. The number of carboxylic acid groups (broad SMARTS) is 1. The minimum atomic E-state index is -1.02. The van der Waals surface area contributed by atoms with Gasteiger partial charge < -0.3 is 16.2 Å². The van der Waals surface area contributed by atoms with E-state index in [9.17, 15) is 9.90 Å². The lowest BCUT2D eigenvalue weighted by atomic mass is 10.0.